The van der Waals surface area contributed by atoms with Crippen molar-refractivity contribution in [2.24, 2.45) is 0 Å². The van der Waals surface area contributed by atoms with Gasteiger partial charge in [-0.05, 0) is 0 Å². The van der Waals surface area contributed by atoms with Crippen molar-refractivity contribution >= 4 is 0 Å². The van der Waals surface area contributed by atoms with E-state index in [1.54, 1.807) is 0 Å². The number of aromatic nitrogens is 2. The summed E-state index contributed by atoms with van der Waals surface area (Å²) in [7, 11) is 0. The molecule has 49 valence electrons. The third-order valence-corrected chi connectivity index (χ3v) is 0.592. The molecule has 0 aliphatic carbocycles. The molecule has 1 rings (SSSR count). The monoisotopic (exact) mass is 137 g/mol. The van der Waals surface area contributed by atoms with Gasteiger partial charge in [-0.3, -0.25) is 0 Å². The van der Waals surface area contributed by atoms with Crippen LogP contribution in [0, 0.1) is 6.26 Å². The summed E-state index contributed by atoms with van der Waals surface area (Å²) in [6.07, 6.45) is -3.05. The van der Waals surface area contributed by atoms with E-state index in [2.05, 4.69) is 14.9 Å². The summed E-state index contributed by atoms with van der Waals surface area (Å²) >= 11 is 0. The predicted molar refractivity (Wildman–Crippen MR) is 18.1 cm³/mol. The van der Waals surface area contributed by atoms with Crippen LogP contribution in [0.1, 0.15) is 5.69 Å². The first kappa shape index (κ1) is 6.06. The summed E-state index contributed by atoms with van der Waals surface area (Å²) in [6, 6.07) is 0. The Balaban J connectivity index is 2.90. The lowest BCUT2D eigenvalue weighted by molar-refractivity contribution is -0.141. The Labute approximate surface area is 47.4 Å². The molecule has 1 aromatic rings. The Morgan fingerprint density at radius 3 is 2.33 bits per heavy atom. The molecule has 0 aliphatic rings. The van der Waals surface area contributed by atoms with Gasteiger partial charge in [0.2, 0.25) is 12.0 Å². The minimum Gasteiger partial charge on any atom is -0.333 e. The molecule has 3 nitrogen and oxygen atoms in total. The van der Waals surface area contributed by atoms with E-state index in [-0.39, 0.29) is 0 Å². The molecule has 1 aromatic heterocycles. The van der Waals surface area contributed by atoms with E-state index in [9.17, 15) is 13.2 Å². The van der Waals surface area contributed by atoms with Gasteiger partial charge in [-0.1, -0.05) is 0 Å². The minimum atomic E-state index is -4.50. The molecule has 0 bridgehead atoms. The van der Waals surface area contributed by atoms with Gasteiger partial charge in [-0.25, -0.2) is 0 Å². The van der Waals surface area contributed by atoms with Crippen molar-refractivity contribution < 1.29 is 17.7 Å². The van der Waals surface area contributed by atoms with Gasteiger partial charge in [0.25, 0.3) is 0 Å². The number of rotatable bonds is 0. The number of hydrogen-bond acceptors (Lipinski definition) is 3. The van der Waals surface area contributed by atoms with Crippen LogP contribution in [0.15, 0.2) is 4.52 Å². The van der Waals surface area contributed by atoms with Gasteiger partial charge in [0.1, 0.15) is 0 Å². The van der Waals surface area contributed by atoms with E-state index < -0.39 is 11.9 Å². The fourth-order valence-electron chi connectivity index (χ4n) is 0.260. The summed E-state index contributed by atoms with van der Waals surface area (Å²) in [5.41, 5.74) is -1.23. The molecule has 0 saturated heterocycles. The molecule has 9 heavy (non-hydrogen) atoms. The maximum absolute atomic E-state index is 11.4. The summed E-state index contributed by atoms with van der Waals surface area (Å²) in [5.74, 6) is 0. The van der Waals surface area contributed by atoms with E-state index in [0.717, 1.165) is 0 Å². The molecular weight excluding hydrogens is 137 g/mol. The van der Waals surface area contributed by atoms with Gasteiger partial charge < -0.3 is 4.52 Å². The summed E-state index contributed by atoms with van der Waals surface area (Å²) in [4.78, 5) is 0. The Bertz CT molecular complexity index is 179. The van der Waals surface area contributed by atoms with Crippen molar-refractivity contribution in [3.05, 3.63) is 12.0 Å². The van der Waals surface area contributed by atoms with Gasteiger partial charge in [0, 0.05) is 5.27 Å². The van der Waals surface area contributed by atoms with Crippen LogP contribution in [-0.4, -0.2) is 10.4 Å². The molecule has 0 saturated carbocycles. The molecule has 0 fully saturated rings. The van der Waals surface area contributed by atoms with Crippen molar-refractivity contribution in [1.82, 2.24) is 10.4 Å². The van der Waals surface area contributed by atoms with E-state index in [0.29, 0.717) is 0 Å². The van der Waals surface area contributed by atoms with Crippen LogP contribution in [0.3, 0.4) is 0 Å². The highest BCUT2D eigenvalue weighted by Gasteiger charge is 2.35. The zero-order chi connectivity index (χ0) is 6.91. The average Bonchev–Trinajstić information content (AvgIpc) is 2.08. The van der Waals surface area contributed by atoms with Crippen molar-refractivity contribution in [3.8, 4) is 0 Å². The maximum Gasteiger partial charge on any atom is 0.439 e. The number of nitrogens with zero attached hydrogens (tertiary/aromatic N) is 2. The third-order valence-electron chi connectivity index (χ3n) is 0.592. The second kappa shape index (κ2) is 1.71. The highest BCUT2D eigenvalue weighted by Crippen LogP contribution is 2.25. The van der Waals surface area contributed by atoms with Crippen LogP contribution in [0.25, 0.3) is 0 Å². The fraction of sp³-hybridized carbons (Fsp3) is 0.333. The lowest BCUT2D eigenvalue weighted by Crippen LogP contribution is -2.04. The largest absolute Gasteiger partial charge is 0.439 e. The molecule has 6 heteroatoms. The fourth-order valence-corrected chi connectivity index (χ4v) is 0.260. The summed E-state index contributed by atoms with van der Waals surface area (Å²) in [5, 5.41) is 5.18. The van der Waals surface area contributed by atoms with Gasteiger partial charge >= 0.3 is 6.18 Å². The Hall–Kier alpha value is -1.07. The number of halogens is 3. The first-order valence-electron chi connectivity index (χ1n) is 1.88. The first-order valence-corrected chi connectivity index (χ1v) is 1.88. The predicted octanol–water partition coefficient (Wildman–Crippen LogP) is 0.889. The van der Waals surface area contributed by atoms with Crippen LogP contribution in [0.4, 0.5) is 13.2 Å². The van der Waals surface area contributed by atoms with E-state index in [1.165, 1.54) is 6.26 Å². The Morgan fingerprint density at radius 2 is 2.11 bits per heavy atom. The highest BCUT2D eigenvalue weighted by molar-refractivity contribution is 4.91. The second-order valence-electron chi connectivity index (χ2n) is 1.22. The molecule has 0 amide bonds. The lowest BCUT2D eigenvalue weighted by Gasteiger charge is -1.95. The summed E-state index contributed by atoms with van der Waals surface area (Å²) in [6.45, 7) is 0. The van der Waals surface area contributed by atoms with Gasteiger partial charge in [0.15, 0.2) is 0 Å². The molecule has 0 atom stereocenters. The zero-order valence-electron chi connectivity index (χ0n) is 3.94. The second-order valence-corrected chi connectivity index (χ2v) is 1.22. The maximum atomic E-state index is 11.4. The number of alkyl halides is 3. The SMILES string of the molecule is FC(F)(F)c1[c]onn1. The molecule has 0 spiro atoms. The van der Waals surface area contributed by atoms with Gasteiger partial charge in [0.05, 0.1) is 0 Å². The van der Waals surface area contributed by atoms with E-state index >= 15 is 0 Å². The average molecular weight is 137 g/mol. The molecule has 1 radical (unpaired) electrons. The van der Waals surface area contributed by atoms with Crippen LogP contribution < -0.4 is 0 Å². The van der Waals surface area contributed by atoms with Crippen LogP contribution in [-0.2, 0) is 6.18 Å². The molecule has 0 aliphatic heterocycles. The standard InChI is InChI=1S/C3F3N2O/c4-3(5,6)2-1-9-8-7-2. The van der Waals surface area contributed by atoms with Crippen molar-refractivity contribution in [2.45, 2.75) is 6.18 Å². The lowest BCUT2D eigenvalue weighted by atomic mass is 10.5. The van der Waals surface area contributed by atoms with Crippen molar-refractivity contribution in [2.75, 3.05) is 0 Å². The third kappa shape index (κ3) is 1.18. The van der Waals surface area contributed by atoms with Crippen molar-refractivity contribution in [1.29, 1.82) is 0 Å². The first-order chi connectivity index (χ1) is 4.11. The van der Waals surface area contributed by atoms with Crippen molar-refractivity contribution in [3.63, 3.8) is 0 Å². The topological polar surface area (TPSA) is 38.9 Å². The zero-order valence-corrected chi connectivity index (χ0v) is 3.94. The quantitative estimate of drug-likeness (QED) is 0.532. The van der Waals surface area contributed by atoms with Crippen LogP contribution in [0.5, 0.6) is 0 Å². The molecule has 0 unspecified atom stereocenters. The van der Waals surface area contributed by atoms with E-state index in [4.69, 9.17) is 0 Å². The Kier molecular flexibility index (Phi) is 1.15. The molecule has 1 heterocycles. The van der Waals surface area contributed by atoms with Gasteiger partial charge in [-0.15, -0.1) is 5.10 Å². The van der Waals surface area contributed by atoms with Crippen LogP contribution in [0.2, 0.25) is 0 Å². The summed E-state index contributed by atoms with van der Waals surface area (Å²) < 4.78 is 38.0. The van der Waals surface area contributed by atoms with E-state index in [1.807, 2.05) is 0 Å². The molecule has 0 N–H and O–H groups in total. The molecular formula is C3F3N2O. The van der Waals surface area contributed by atoms with Crippen LogP contribution >= 0.6 is 0 Å². The smallest absolute Gasteiger partial charge is 0.333 e. The Morgan fingerprint density at radius 1 is 1.44 bits per heavy atom. The number of hydrogen-bond donors (Lipinski definition) is 0. The minimum absolute atomic E-state index is 1.23. The normalized spacial score (nSPS) is 11.9. The van der Waals surface area contributed by atoms with Gasteiger partial charge in [-0.2, -0.15) is 13.2 Å². The highest BCUT2D eigenvalue weighted by atomic mass is 19.4. The molecule has 0 aromatic carbocycles.